The van der Waals surface area contributed by atoms with E-state index in [1.807, 2.05) is 21.9 Å². The van der Waals surface area contributed by atoms with E-state index in [2.05, 4.69) is 42.7 Å². The van der Waals surface area contributed by atoms with Crippen molar-refractivity contribution in [2.45, 2.75) is 303 Å². The Bertz CT molecular complexity index is 2480. The van der Waals surface area contributed by atoms with E-state index < -0.39 is 0 Å². The lowest BCUT2D eigenvalue weighted by Crippen LogP contribution is -2.54. The minimum atomic E-state index is -0.293. The number of nitrogens with zero attached hydrogens (tertiary/aromatic N) is 4. The normalized spacial score (nSPS) is 15.1. The zero-order chi connectivity index (χ0) is 69.9. The van der Waals surface area contributed by atoms with Crippen LogP contribution in [0.15, 0.2) is 60.7 Å². The topological polar surface area (TPSA) is 179 Å². The number of rotatable bonds is 54. The van der Waals surface area contributed by atoms with Crippen LogP contribution in [0.1, 0.15) is 295 Å². The first-order chi connectivity index (χ1) is 47.9. The average Bonchev–Trinajstić information content (AvgIpc) is 1.01. The summed E-state index contributed by atoms with van der Waals surface area (Å²) in [5.74, 6) is 0.859. The number of allylic oxidation sites excluding steroid dienone is 2. The molecule has 3 fully saturated rings. The Morgan fingerprint density at radius 3 is 1.08 bits per heavy atom. The second kappa shape index (κ2) is 53.3. The minimum Gasteiger partial charge on any atom is -0.465 e. The maximum Gasteiger partial charge on any atom is 0.311 e. The Morgan fingerprint density at radius 2 is 0.714 bits per heavy atom. The molecule has 0 aromatic heterocycles. The fourth-order valence-electron chi connectivity index (χ4n) is 13.7. The summed E-state index contributed by atoms with van der Waals surface area (Å²) in [7, 11) is 0. The summed E-state index contributed by atoms with van der Waals surface area (Å²) in [6.45, 7) is 13.6. The van der Waals surface area contributed by atoms with E-state index >= 15 is 0 Å². The van der Waals surface area contributed by atoms with E-state index in [0.29, 0.717) is 95.1 Å². The van der Waals surface area contributed by atoms with E-state index in [1.165, 1.54) is 122 Å². The molecule has 5 rings (SSSR count). The lowest BCUT2D eigenvalue weighted by Gasteiger charge is -2.38. The van der Waals surface area contributed by atoms with E-state index in [9.17, 15) is 33.6 Å². The van der Waals surface area contributed by atoms with Gasteiger partial charge in [-0.3, -0.25) is 43.4 Å². The summed E-state index contributed by atoms with van der Waals surface area (Å²) < 4.78 is 28.4. The van der Waals surface area contributed by atoms with Crippen LogP contribution in [0, 0.1) is 11.8 Å². The second-order valence-electron chi connectivity index (χ2n) is 28.6. The molecule has 2 aromatic rings. The van der Waals surface area contributed by atoms with Crippen molar-refractivity contribution >= 4 is 41.7 Å². The van der Waals surface area contributed by atoms with Crippen LogP contribution in [0.2, 0.25) is 0 Å². The zero-order valence-electron chi connectivity index (χ0n) is 61.6. The Labute approximate surface area is 592 Å². The van der Waals surface area contributed by atoms with Crippen molar-refractivity contribution in [1.82, 2.24) is 19.6 Å². The molecule has 16 nitrogen and oxygen atoms in total. The third-order valence-corrected chi connectivity index (χ3v) is 20.2. The SMILES string of the molecule is CCCCCCCC/C=C\CCCCCCCC(=O)Oc1ccc(CC(=O)OCCC2CCN(CC(=O)N3CCN(C(=O)CN4CCC(CCOC(=O)Cc5ccc(OC(=O)CCCCCCCC(=O)OC(CCCCCCCC)CCCCCCCC)cc5)CC4)CC3)CC2)cc1. The van der Waals surface area contributed by atoms with Gasteiger partial charge in [-0.15, -0.1) is 0 Å². The van der Waals surface area contributed by atoms with Gasteiger partial charge in [0, 0.05) is 45.4 Å². The standard InChI is InChI=1S/C82H132N4O12/c1-4-7-10-13-16-17-18-19-20-21-22-23-24-28-33-39-79(90)97-74-45-41-71(42-46-74)65-81(92)94-63-53-69-49-55-83(56-50-69)67-76(87)85-59-61-86(62-60-85)77(88)68-84-57-51-70(52-58-84)54-64-95-82(93)66-72-43-47-75(48-44-72)98-80(91)40-35-30-25-29-34-38-78(89)96-73(36-31-26-14-11-8-5-2)37-32-27-15-12-9-6-3/h19-20,41-48,69-70,73H,4-18,21-40,49-68H2,1-3H3/b20-19-. The van der Waals surface area contributed by atoms with Gasteiger partial charge < -0.3 is 33.5 Å². The highest BCUT2D eigenvalue weighted by Crippen LogP contribution is 2.25. The van der Waals surface area contributed by atoms with E-state index in [1.54, 1.807) is 36.4 Å². The Balaban J connectivity index is 0.807. The molecule has 0 radical (unpaired) electrons. The predicted octanol–water partition coefficient (Wildman–Crippen LogP) is 17.4. The molecule has 3 aliphatic heterocycles. The summed E-state index contributed by atoms with van der Waals surface area (Å²) >= 11 is 0. The van der Waals surface area contributed by atoms with Crippen LogP contribution in [-0.4, -0.2) is 146 Å². The molecule has 3 aliphatic rings. The fourth-order valence-corrected chi connectivity index (χ4v) is 13.7. The number of benzene rings is 2. The quantitative estimate of drug-likeness (QED) is 0.0201. The molecule has 3 saturated heterocycles. The van der Waals surface area contributed by atoms with Crippen molar-refractivity contribution in [2.75, 3.05) is 78.7 Å². The molecule has 2 amide bonds. The van der Waals surface area contributed by atoms with Crippen LogP contribution < -0.4 is 9.47 Å². The van der Waals surface area contributed by atoms with Crippen molar-refractivity contribution in [3.05, 3.63) is 71.8 Å². The van der Waals surface area contributed by atoms with Gasteiger partial charge in [-0.2, -0.15) is 0 Å². The molecule has 16 heteroatoms. The number of piperazine rings is 1. The molecular formula is C82H132N4O12. The molecule has 0 aliphatic carbocycles. The highest BCUT2D eigenvalue weighted by atomic mass is 16.6. The van der Waals surface area contributed by atoms with Crippen molar-refractivity contribution in [3.63, 3.8) is 0 Å². The molecule has 0 spiro atoms. The number of carbonyl (C=O) groups is 7. The maximum atomic E-state index is 13.4. The van der Waals surface area contributed by atoms with Crippen LogP contribution in [-0.2, 0) is 60.6 Å². The van der Waals surface area contributed by atoms with Crippen LogP contribution in [0.25, 0.3) is 0 Å². The monoisotopic (exact) mass is 1360 g/mol. The molecule has 0 bridgehead atoms. The molecule has 98 heavy (non-hydrogen) atoms. The van der Waals surface area contributed by atoms with Crippen molar-refractivity contribution in [1.29, 1.82) is 0 Å². The summed E-state index contributed by atoms with van der Waals surface area (Å²) in [6, 6.07) is 14.1. The lowest BCUT2D eigenvalue weighted by atomic mass is 9.94. The Hall–Kier alpha value is -5.61. The summed E-state index contributed by atoms with van der Waals surface area (Å²) in [5, 5.41) is 0. The van der Waals surface area contributed by atoms with Gasteiger partial charge in [0.25, 0.3) is 0 Å². The van der Waals surface area contributed by atoms with Crippen molar-refractivity contribution in [3.8, 4) is 11.5 Å². The largest absolute Gasteiger partial charge is 0.465 e. The predicted molar refractivity (Wildman–Crippen MR) is 392 cm³/mol. The summed E-state index contributed by atoms with van der Waals surface area (Å²) in [5.41, 5.74) is 1.60. The lowest BCUT2D eigenvalue weighted by molar-refractivity contribution is -0.150. The molecule has 2 aromatic carbocycles. The van der Waals surface area contributed by atoms with Gasteiger partial charge in [0.1, 0.15) is 17.6 Å². The van der Waals surface area contributed by atoms with E-state index in [-0.39, 0.29) is 60.6 Å². The molecule has 0 atom stereocenters. The van der Waals surface area contributed by atoms with Gasteiger partial charge >= 0.3 is 29.8 Å². The number of esters is 5. The maximum absolute atomic E-state index is 13.4. The van der Waals surface area contributed by atoms with Gasteiger partial charge in [0.2, 0.25) is 11.8 Å². The number of piperidine rings is 2. The Morgan fingerprint density at radius 1 is 0.388 bits per heavy atom. The molecule has 0 saturated carbocycles. The van der Waals surface area contributed by atoms with Gasteiger partial charge in [-0.05, 0) is 183 Å². The highest BCUT2D eigenvalue weighted by Gasteiger charge is 2.29. The number of amides is 2. The minimum absolute atomic E-state index is 0.0486. The number of ether oxygens (including phenoxy) is 5. The second-order valence-corrected chi connectivity index (χ2v) is 28.6. The third-order valence-electron chi connectivity index (χ3n) is 20.2. The smallest absolute Gasteiger partial charge is 0.311 e. The van der Waals surface area contributed by atoms with Crippen molar-refractivity contribution < 1.29 is 57.2 Å². The van der Waals surface area contributed by atoms with Gasteiger partial charge in [0.05, 0.1) is 39.1 Å². The van der Waals surface area contributed by atoms with E-state index in [0.717, 1.165) is 159 Å². The first-order valence-electron chi connectivity index (χ1n) is 39.6. The zero-order valence-corrected chi connectivity index (χ0v) is 61.6. The average molecular weight is 1370 g/mol. The summed E-state index contributed by atoms with van der Waals surface area (Å²) in [4.78, 5) is 98.2. The van der Waals surface area contributed by atoms with Crippen LogP contribution in [0.5, 0.6) is 11.5 Å². The van der Waals surface area contributed by atoms with Gasteiger partial charge in [-0.25, -0.2) is 0 Å². The third kappa shape index (κ3) is 39.4. The van der Waals surface area contributed by atoms with Crippen LogP contribution in [0.4, 0.5) is 0 Å². The number of unbranched alkanes of at least 4 members (excludes halogenated alkanes) is 25. The highest BCUT2D eigenvalue weighted by molar-refractivity contribution is 5.81. The van der Waals surface area contributed by atoms with Gasteiger partial charge in [0.15, 0.2) is 0 Å². The first kappa shape index (κ1) is 83.1. The van der Waals surface area contributed by atoms with Crippen LogP contribution in [0.3, 0.4) is 0 Å². The molecule has 0 N–H and O–H groups in total. The summed E-state index contributed by atoms with van der Waals surface area (Å²) in [6.07, 6.45) is 48.5. The molecule has 0 unspecified atom stereocenters. The number of hydrogen-bond acceptors (Lipinski definition) is 14. The van der Waals surface area contributed by atoms with E-state index in [4.69, 9.17) is 23.7 Å². The Kier molecular flexibility index (Phi) is 45.1. The van der Waals surface area contributed by atoms with Crippen molar-refractivity contribution in [2.24, 2.45) is 11.8 Å². The first-order valence-corrected chi connectivity index (χ1v) is 39.6. The van der Waals surface area contributed by atoms with Crippen LogP contribution >= 0.6 is 0 Å². The number of hydrogen-bond donors (Lipinski definition) is 0. The fraction of sp³-hybridized carbons (Fsp3) is 0.744. The number of likely N-dealkylation sites (tertiary alicyclic amines) is 2. The molecular weight excluding hydrogens is 1230 g/mol. The molecule has 552 valence electrons. The van der Waals surface area contributed by atoms with Gasteiger partial charge in [-0.1, -0.05) is 192 Å². The number of carbonyl (C=O) groups excluding carboxylic acids is 7. The molecule has 3 heterocycles.